The van der Waals surface area contributed by atoms with Crippen molar-refractivity contribution in [3.63, 3.8) is 0 Å². The molecule has 4 aromatic heterocycles. The number of pyridine rings is 1. The summed E-state index contributed by atoms with van der Waals surface area (Å²) in [5.41, 5.74) is 2.64. The molecule has 11 heteroatoms. The van der Waals surface area contributed by atoms with Crippen molar-refractivity contribution in [3.05, 3.63) is 39.9 Å². The topological polar surface area (TPSA) is 125 Å². The molecular formula is C27H32ClN7O3. The largest absolute Gasteiger partial charge is 0.434 e. The van der Waals surface area contributed by atoms with Crippen molar-refractivity contribution in [2.45, 2.75) is 71.4 Å². The fraction of sp³-hybridized carbons (Fsp3) is 0.556. The normalized spacial score (nSPS) is 20.5. The Morgan fingerprint density at radius 1 is 1.08 bits per heavy atom. The van der Waals surface area contributed by atoms with Crippen molar-refractivity contribution < 1.29 is 9.15 Å². The molecule has 4 aromatic rings. The average molecular weight is 538 g/mol. The van der Waals surface area contributed by atoms with Gasteiger partial charge in [-0.25, -0.2) is 24.8 Å². The number of imidazole rings is 1. The van der Waals surface area contributed by atoms with E-state index >= 15 is 0 Å². The molecule has 2 aliphatic carbocycles. The second-order valence-corrected chi connectivity index (χ2v) is 11.2. The fourth-order valence-electron chi connectivity index (χ4n) is 5.82. The van der Waals surface area contributed by atoms with E-state index in [2.05, 4.69) is 31.7 Å². The summed E-state index contributed by atoms with van der Waals surface area (Å²) in [7, 11) is 0. The van der Waals surface area contributed by atoms with Crippen LogP contribution >= 0.6 is 11.6 Å². The van der Waals surface area contributed by atoms with Gasteiger partial charge in [0.05, 0.1) is 5.02 Å². The molecule has 0 unspecified atom stereocenters. The number of H-pyrrole nitrogens is 1. The maximum atomic E-state index is 11.7. The van der Waals surface area contributed by atoms with Crippen LogP contribution in [0.2, 0.25) is 5.02 Å². The summed E-state index contributed by atoms with van der Waals surface area (Å²) in [5, 5.41) is 6.71. The third-order valence-electron chi connectivity index (χ3n) is 7.93. The van der Waals surface area contributed by atoms with Crippen LogP contribution in [-0.2, 0) is 17.9 Å². The first-order valence-electron chi connectivity index (χ1n) is 13.5. The lowest BCUT2D eigenvalue weighted by molar-refractivity contribution is 0.0818. The van der Waals surface area contributed by atoms with Crippen molar-refractivity contribution in [2.24, 2.45) is 17.8 Å². The van der Waals surface area contributed by atoms with E-state index in [1.807, 2.05) is 6.07 Å². The van der Waals surface area contributed by atoms with E-state index in [0.29, 0.717) is 34.8 Å². The minimum atomic E-state index is -0.673. The summed E-state index contributed by atoms with van der Waals surface area (Å²) in [4.78, 5) is 30.3. The summed E-state index contributed by atoms with van der Waals surface area (Å²) >= 11 is 6.33. The lowest BCUT2D eigenvalue weighted by Gasteiger charge is -2.27. The van der Waals surface area contributed by atoms with Gasteiger partial charge in [0.25, 0.3) is 5.89 Å². The van der Waals surface area contributed by atoms with Gasteiger partial charge in [-0.2, -0.15) is 0 Å². The van der Waals surface area contributed by atoms with Gasteiger partial charge in [-0.1, -0.05) is 44.2 Å². The van der Waals surface area contributed by atoms with Crippen LogP contribution in [0, 0.1) is 17.8 Å². The molecule has 2 aliphatic rings. The van der Waals surface area contributed by atoms with E-state index in [0.717, 1.165) is 36.0 Å². The van der Waals surface area contributed by atoms with Gasteiger partial charge in [-0.3, -0.25) is 4.98 Å². The van der Waals surface area contributed by atoms with E-state index in [1.54, 1.807) is 12.4 Å². The van der Waals surface area contributed by atoms with Crippen molar-refractivity contribution in [1.82, 2.24) is 34.7 Å². The highest BCUT2D eigenvalue weighted by atomic mass is 35.5. The molecule has 4 heterocycles. The van der Waals surface area contributed by atoms with Gasteiger partial charge in [0.1, 0.15) is 23.6 Å². The molecule has 200 valence electrons. The van der Waals surface area contributed by atoms with Gasteiger partial charge in [-0.05, 0) is 49.5 Å². The molecule has 2 saturated carbocycles. The summed E-state index contributed by atoms with van der Waals surface area (Å²) in [6.07, 6.45) is 13.1. The molecule has 10 nitrogen and oxygen atoms in total. The first-order chi connectivity index (χ1) is 18.5. The van der Waals surface area contributed by atoms with E-state index < -0.39 is 5.76 Å². The zero-order valence-electron chi connectivity index (χ0n) is 21.5. The molecule has 0 saturated heterocycles. The molecule has 0 atom stereocenters. The minimum Gasteiger partial charge on any atom is -0.384 e. The van der Waals surface area contributed by atoms with Crippen LogP contribution < -0.4 is 5.76 Å². The molecule has 0 radical (unpaired) electrons. The van der Waals surface area contributed by atoms with Gasteiger partial charge < -0.3 is 13.7 Å². The Morgan fingerprint density at radius 2 is 1.89 bits per heavy atom. The van der Waals surface area contributed by atoms with Gasteiger partial charge >= 0.3 is 5.76 Å². The molecule has 1 N–H and O–H groups in total. The van der Waals surface area contributed by atoms with Crippen LogP contribution in [0.25, 0.3) is 34.1 Å². The minimum absolute atomic E-state index is 0.00277. The van der Waals surface area contributed by atoms with Gasteiger partial charge in [-0.15, -0.1) is 5.10 Å². The Morgan fingerprint density at radius 3 is 2.63 bits per heavy atom. The lowest BCUT2D eigenvalue weighted by atomic mass is 9.83. The predicted octanol–water partition coefficient (Wildman–Crippen LogP) is 5.42. The smallest absolute Gasteiger partial charge is 0.384 e. The Hall–Kier alpha value is -3.11. The van der Waals surface area contributed by atoms with E-state index in [-0.39, 0.29) is 11.7 Å². The monoisotopic (exact) mass is 537 g/mol. The van der Waals surface area contributed by atoms with E-state index in [4.69, 9.17) is 30.7 Å². The number of aromatic amines is 1. The number of nitrogens with one attached hydrogen (secondary N) is 1. The Balaban J connectivity index is 1.45. The van der Waals surface area contributed by atoms with Crippen molar-refractivity contribution >= 4 is 22.8 Å². The molecule has 0 amide bonds. The second kappa shape index (κ2) is 10.9. The fourth-order valence-corrected chi connectivity index (χ4v) is 5.99. The maximum absolute atomic E-state index is 11.7. The first-order valence-corrected chi connectivity index (χ1v) is 13.9. The Bertz CT molecular complexity index is 1470. The summed E-state index contributed by atoms with van der Waals surface area (Å²) in [6.45, 7) is 4.28. The molecule has 0 aromatic carbocycles. The highest BCUT2D eigenvalue weighted by Gasteiger charge is 2.26. The molecule has 6 rings (SSSR count). The first kappa shape index (κ1) is 25.2. The molecule has 38 heavy (non-hydrogen) atoms. The third kappa shape index (κ3) is 5.37. The highest BCUT2D eigenvalue weighted by molar-refractivity contribution is 6.30. The number of aromatic nitrogens is 7. The third-order valence-corrected chi connectivity index (χ3v) is 8.13. The number of fused-ring (bicyclic) bond motifs is 1. The van der Waals surface area contributed by atoms with Crippen LogP contribution in [-0.4, -0.2) is 41.3 Å². The van der Waals surface area contributed by atoms with Gasteiger partial charge in [0, 0.05) is 31.1 Å². The van der Waals surface area contributed by atoms with Crippen LogP contribution in [0.3, 0.4) is 0 Å². The predicted molar refractivity (Wildman–Crippen MR) is 142 cm³/mol. The summed E-state index contributed by atoms with van der Waals surface area (Å²) in [5.74, 6) is 2.24. The summed E-state index contributed by atoms with van der Waals surface area (Å²) in [6, 6.07) is 1.82. The van der Waals surface area contributed by atoms with Crippen LogP contribution in [0.4, 0.5) is 0 Å². The van der Waals surface area contributed by atoms with Crippen molar-refractivity contribution in [2.75, 3.05) is 6.61 Å². The molecular weight excluding hydrogens is 506 g/mol. The van der Waals surface area contributed by atoms with E-state index in [1.165, 1.54) is 51.4 Å². The summed E-state index contributed by atoms with van der Waals surface area (Å²) < 4.78 is 13.6. The number of rotatable bonds is 8. The number of nitrogens with zero attached hydrogens (tertiary/aromatic N) is 6. The molecule has 2 fully saturated rings. The average Bonchev–Trinajstić information content (AvgIpc) is 3.66. The Kier molecular flexibility index (Phi) is 7.25. The maximum Gasteiger partial charge on any atom is 0.434 e. The zero-order valence-corrected chi connectivity index (χ0v) is 22.3. The standard InChI is InChI=1S/C27H32ClN7O3/c1-16-6-8-17(9-7-16)13-35-21(15-37-14-18-4-2-3-5-18)30-24-23(35)22(19-10-20(28)12-29-11-19)31-25(32-24)26-33-34-27(36)38-26/h10-12,16-18H,2-9,13-15H2,1H3,(H,34,36)/t16-,17-. The van der Waals surface area contributed by atoms with Crippen LogP contribution in [0.15, 0.2) is 27.7 Å². The van der Waals surface area contributed by atoms with Gasteiger partial charge in [0.2, 0.25) is 5.82 Å². The van der Waals surface area contributed by atoms with Crippen molar-refractivity contribution in [1.29, 1.82) is 0 Å². The quantitative estimate of drug-likeness (QED) is 0.316. The SMILES string of the molecule is C[C@H]1CC[C@H](Cn2c(COCC3CCCC3)nc3nc(-c4n[nH]c(=O)o4)nc(-c4cncc(Cl)c4)c32)CC1. The van der Waals surface area contributed by atoms with Crippen molar-refractivity contribution in [3.8, 4) is 23.0 Å². The second-order valence-electron chi connectivity index (χ2n) is 10.8. The van der Waals surface area contributed by atoms with E-state index in [9.17, 15) is 4.79 Å². The van der Waals surface area contributed by atoms with Crippen LogP contribution in [0.1, 0.15) is 64.1 Å². The zero-order chi connectivity index (χ0) is 26.1. The molecule has 0 spiro atoms. The number of hydrogen-bond donors (Lipinski definition) is 1. The highest BCUT2D eigenvalue weighted by Crippen LogP contribution is 2.34. The van der Waals surface area contributed by atoms with Crippen LogP contribution in [0.5, 0.6) is 0 Å². The molecule has 0 bridgehead atoms. The molecule has 0 aliphatic heterocycles. The van der Waals surface area contributed by atoms with Gasteiger partial charge in [0.15, 0.2) is 5.65 Å². The number of hydrogen-bond acceptors (Lipinski definition) is 8. The number of ether oxygens (including phenoxy) is 1. The lowest BCUT2D eigenvalue weighted by Crippen LogP contribution is -2.20. The Labute approximate surface area is 225 Å². The number of halogens is 1.